The zero-order valence-corrected chi connectivity index (χ0v) is 16.1. The zero-order valence-electron chi connectivity index (χ0n) is 16.1. The molecule has 0 aliphatic heterocycles. The fraction of sp³-hybridized carbons (Fsp3) is 0.227. The van der Waals surface area contributed by atoms with Gasteiger partial charge in [0.05, 0.1) is 17.2 Å². The number of aromatic nitrogens is 5. The highest BCUT2D eigenvalue weighted by Crippen LogP contribution is 2.33. The van der Waals surface area contributed by atoms with Gasteiger partial charge in [-0.3, -0.25) is 14.6 Å². The molecule has 4 aromatic rings. The SMILES string of the molecule is [C-]#[N+]c1ccc(-c2cnn(CC(C)(C)C)c2)c(-c2cnc3cccnc3c2)n1. The molecule has 0 atom stereocenters. The highest BCUT2D eigenvalue weighted by atomic mass is 15.3. The van der Waals surface area contributed by atoms with Crippen LogP contribution in [-0.2, 0) is 6.54 Å². The second-order valence-electron chi connectivity index (χ2n) is 7.93. The molecule has 4 rings (SSSR count). The van der Waals surface area contributed by atoms with Gasteiger partial charge in [-0.05, 0) is 29.7 Å². The first-order valence-electron chi connectivity index (χ1n) is 9.05. The summed E-state index contributed by atoms with van der Waals surface area (Å²) < 4.78 is 1.95. The molecule has 0 saturated carbocycles. The van der Waals surface area contributed by atoms with Crippen LogP contribution in [0.1, 0.15) is 20.8 Å². The van der Waals surface area contributed by atoms with Gasteiger partial charge in [-0.2, -0.15) is 5.10 Å². The molecular weight excluding hydrogens is 348 g/mol. The van der Waals surface area contributed by atoms with E-state index in [9.17, 15) is 0 Å². The lowest BCUT2D eigenvalue weighted by molar-refractivity contribution is 0.325. The lowest BCUT2D eigenvalue weighted by Crippen LogP contribution is -2.15. The van der Waals surface area contributed by atoms with Gasteiger partial charge in [0.2, 0.25) is 0 Å². The summed E-state index contributed by atoms with van der Waals surface area (Å²) in [5.74, 6) is 0.349. The molecule has 4 heterocycles. The van der Waals surface area contributed by atoms with E-state index in [-0.39, 0.29) is 5.41 Å². The fourth-order valence-corrected chi connectivity index (χ4v) is 3.12. The number of pyridine rings is 3. The predicted molar refractivity (Wildman–Crippen MR) is 110 cm³/mol. The molecule has 0 unspecified atom stereocenters. The average Bonchev–Trinajstić information content (AvgIpc) is 3.13. The van der Waals surface area contributed by atoms with Gasteiger partial charge in [0.1, 0.15) is 0 Å². The van der Waals surface area contributed by atoms with Crippen LogP contribution >= 0.6 is 0 Å². The first-order valence-corrected chi connectivity index (χ1v) is 9.05. The van der Waals surface area contributed by atoms with E-state index in [0.717, 1.165) is 34.3 Å². The van der Waals surface area contributed by atoms with Crippen molar-refractivity contribution in [2.24, 2.45) is 5.41 Å². The standard InChI is InChI=1S/C22H20N6/c1-22(2,3)14-28-13-16(12-26-28)17-7-8-20(23-4)27-21(17)15-10-19-18(25-11-15)6-5-9-24-19/h5-13H,14H2,1-3H3. The molecule has 28 heavy (non-hydrogen) atoms. The molecule has 0 bridgehead atoms. The molecule has 0 saturated heterocycles. The monoisotopic (exact) mass is 368 g/mol. The summed E-state index contributed by atoms with van der Waals surface area (Å²) in [6, 6.07) is 9.41. The Balaban J connectivity index is 1.83. The van der Waals surface area contributed by atoms with Crippen molar-refractivity contribution in [1.29, 1.82) is 0 Å². The van der Waals surface area contributed by atoms with Gasteiger partial charge >= 0.3 is 0 Å². The van der Waals surface area contributed by atoms with Crippen LogP contribution in [0.2, 0.25) is 0 Å². The topological polar surface area (TPSA) is 60.9 Å². The molecule has 0 fully saturated rings. The van der Waals surface area contributed by atoms with Gasteiger partial charge in [0, 0.05) is 41.8 Å². The molecule has 0 radical (unpaired) electrons. The number of hydrogen-bond donors (Lipinski definition) is 0. The highest BCUT2D eigenvalue weighted by molar-refractivity contribution is 5.85. The summed E-state index contributed by atoms with van der Waals surface area (Å²) in [6.07, 6.45) is 7.39. The van der Waals surface area contributed by atoms with Crippen molar-refractivity contribution in [3.05, 3.63) is 66.5 Å². The highest BCUT2D eigenvalue weighted by Gasteiger charge is 2.18. The Labute approximate surface area is 163 Å². The van der Waals surface area contributed by atoms with Gasteiger partial charge in [-0.15, -0.1) is 4.98 Å². The molecule has 138 valence electrons. The quantitative estimate of drug-likeness (QED) is 0.469. The van der Waals surface area contributed by atoms with Crippen molar-refractivity contribution in [2.45, 2.75) is 27.3 Å². The molecule has 0 amide bonds. The Kier molecular flexibility index (Phi) is 4.36. The Morgan fingerprint density at radius 1 is 1.04 bits per heavy atom. The van der Waals surface area contributed by atoms with E-state index in [0.29, 0.717) is 11.5 Å². The zero-order chi connectivity index (χ0) is 19.7. The van der Waals surface area contributed by atoms with Gasteiger partial charge in [-0.25, -0.2) is 0 Å². The van der Waals surface area contributed by atoms with Crippen LogP contribution in [0.3, 0.4) is 0 Å². The number of rotatable bonds is 3. The van der Waals surface area contributed by atoms with Crippen molar-refractivity contribution in [3.8, 4) is 22.4 Å². The first-order chi connectivity index (χ1) is 13.4. The molecule has 0 aliphatic carbocycles. The first kappa shape index (κ1) is 17.8. The maximum Gasteiger partial charge on any atom is 0.270 e. The second-order valence-corrected chi connectivity index (χ2v) is 7.93. The second kappa shape index (κ2) is 6.86. The third-order valence-corrected chi connectivity index (χ3v) is 4.30. The largest absolute Gasteiger partial charge is 0.361 e. The van der Waals surface area contributed by atoms with Crippen molar-refractivity contribution in [2.75, 3.05) is 0 Å². The van der Waals surface area contributed by atoms with E-state index in [1.165, 1.54) is 0 Å². The Bertz CT molecular complexity index is 1190. The van der Waals surface area contributed by atoms with Crippen molar-refractivity contribution < 1.29 is 0 Å². The number of fused-ring (bicyclic) bond motifs is 1. The average molecular weight is 368 g/mol. The van der Waals surface area contributed by atoms with E-state index in [4.69, 9.17) is 6.57 Å². The summed E-state index contributed by atoms with van der Waals surface area (Å²) in [5, 5.41) is 4.51. The van der Waals surface area contributed by atoms with Crippen LogP contribution in [-0.4, -0.2) is 24.7 Å². The van der Waals surface area contributed by atoms with Crippen LogP contribution in [0.5, 0.6) is 0 Å². The normalized spacial score (nSPS) is 11.5. The van der Waals surface area contributed by atoms with Crippen LogP contribution in [0, 0.1) is 12.0 Å². The van der Waals surface area contributed by atoms with Crippen LogP contribution < -0.4 is 0 Å². The van der Waals surface area contributed by atoms with Gasteiger partial charge in [0.25, 0.3) is 5.82 Å². The van der Waals surface area contributed by atoms with Crippen molar-refractivity contribution >= 4 is 16.9 Å². The third kappa shape index (κ3) is 3.60. The minimum absolute atomic E-state index is 0.131. The Morgan fingerprint density at radius 3 is 2.68 bits per heavy atom. The Morgan fingerprint density at radius 2 is 1.89 bits per heavy atom. The molecule has 6 heteroatoms. The summed E-state index contributed by atoms with van der Waals surface area (Å²) in [4.78, 5) is 16.9. The molecular formula is C22H20N6. The lowest BCUT2D eigenvalue weighted by atomic mass is 9.97. The molecule has 0 aliphatic rings. The summed E-state index contributed by atoms with van der Waals surface area (Å²) in [7, 11) is 0. The van der Waals surface area contributed by atoms with E-state index in [1.807, 2.05) is 41.3 Å². The molecule has 4 aromatic heterocycles. The smallest absolute Gasteiger partial charge is 0.270 e. The van der Waals surface area contributed by atoms with E-state index >= 15 is 0 Å². The maximum absolute atomic E-state index is 7.33. The fourth-order valence-electron chi connectivity index (χ4n) is 3.12. The number of nitrogens with zero attached hydrogens (tertiary/aromatic N) is 6. The van der Waals surface area contributed by atoms with E-state index in [1.54, 1.807) is 18.5 Å². The molecule has 6 nitrogen and oxygen atoms in total. The van der Waals surface area contributed by atoms with Crippen molar-refractivity contribution in [1.82, 2.24) is 24.7 Å². The van der Waals surface area contributed by atoms with Crippen LogP contribution in [0.25, 0.3) is 38.3 Å². The van der Waals surface area contributed by atoms with Gasteiger partial charge in [-0.1, -0.05) is 33.4 Å². The third-order valence-electron chi connectivity index (χ3n) is 4.30. The number of hydrogen-bond acceptors (Lipinski definition) is 4. The van der Waals surface area contributed by atoms with E-state index in [2.05, 4.69) is 45.7 Å². The summed E-state index contributed by atoms with van der Waals surface area (Å²) in [6.45, 7) is 14.7. The Hall–Kier alpha value is -3.59. The minimum Gasteiger partial charge on any atom is -0.361 e. The van der Waals surface area contributed by atoms with Gasteiger partial charge in [0.15, 0.2) is 5.69 Å². The van der Waals surface area contributed by atoms with Crippen molar-refractivity contribution in [3.63, 3.8) is 0 Å². The molecule has 0 N–H and O–H groups in total. The lowest BCUT2D eigenvalue weighted by Gasteiger charge is -2.17. The molecule has 0 spiro atoms. The predicted octanol–water partition coefficient (Wildman–Crippen LogP) is 5.15. The molecule has 0 aromatic carbocycles. The van der Waals surface area contributed by atoms with E-state index < -0.39 is 0 Å². The van der Waals surface area contributed by atoms with Crippen LogP contribution in [0.4, 0.5) is 5.82 Å². The summed E-state index contributed by atoms with van der Waals surface area (Å²) >= 11 is 0. The minimum atomic E-state index is 0.131. The maximum atomic E-state index is 7.33. The van der Waals surface area contributed by atoms with Crippen LogP contribution in [0.15, 0.2) is 55.1 Å². The summed E-state index contributed by atoms with van der Waals surface area (Å²) in [5.41, 5.74) is 5.18. The van der Waals surface area contributed by atoms with Gasteiger partial charge < -0.3 is 4.85 Å².